The predicted molar refractivity (Wildman–Crippen MR) is 116 cm³/mol. The van der Waals surface area contributed by atoms with Crippen LogP contribution in [0.1, 0.15) is 42.7 Å². The van der Waals surface area contributed by atoms with Crippen LogP contribution in [0.25, 0.3) is 0 Å². The Balaban J connectivity index is 0.00000312. The summed E-state index contributed by atoms with van der Waals surface area (Å²) in [7, 11) is 0. The van der Waals surface area contributed by atoms with Gasteiger partial charge in [-0.05, 0) is 38.6 Å². The highest BCUT2D eigenvalue weighted by Gasteiger charge is 2.21. The van der Waals surface area contributed by atoms with E-state index in [1.165, 1.54) is 10.4 Å². The molecular formula is C18H29IN4OS. The van der Waals surface area contributed by atoms with E-state index in [2.05, 4.69) is 54.1 Å². The van der Waals surface area contributed by atoms with Crippen molar-refractivity contribution in [1.82, 2.24) is 15.8 Å². The van der Waals surface area contributed by atoms with Crippen LogP contribution in [-0.4, -0.2) is 30.8 Å². The van der Waals surface area contributed by atoms with Gasteiger partial charge in [0.15, 0.2) is 5.96 Å². The summed E-state index contributed by atoms with van der Waals surface area (Å²) in [4.78, 5) is 6.13. The van der Waals surface area contributed by atoms with Crippen LogP contribution in [0.5, 0.6) is 0 Å². The zero-order valence-electron chi connectivity index (χ0n) is 15.7. The second-order valence-corrected chi connectivity index (χ2v) is 7.48. The van der Waals surface area contributed by atoms with E-state index in [4.69, 9.17) is 9.52 Å². The Morgan fingerprint density at radius 3 is 2.64 bits per heavy atom. The van der Waals surface area contributed by atoms with Crippen molar-refractivity contribution in [1.29, 1.82) is 0 Å². The molecule has 0 saturated carbocycles. The summed E-state index contributed by atoms with van der Waals surface area (Å²) in [5.41, 5.74) is 2.19. The standard InChI is InChI=1S/C18H28N4OS.HI/c1-6-19-17(20-10-9-15-13(2)22-23-14(15)3)21-12-18(4,5)16-8-7-11-24-16;/h7-8,11H,6,9-10,12H2,1-5H3,(H2,19,20,21);1H. The summed E-state index contributed by atoms with van der Waals surface area (Å²) in [6.07, 6.45) is 0.875. The van der Waals surface area contributed by atoms with E-state index in [1.54, 1.807) is 11.3 Å². The first kappa shape index (κ1) is 22.0. The molecule has 2 rings (SSSR count). The normalized spacial score (nSPS) is 12.0. The molecule has 0 spiro atoms. The summed E-state index contributed by atoms with van der Waals surface area (Å²) >= 11 is 1.79. The number of halogens is 1. The van der Waals surface area contributed by atoms with Crippen molar-refractivity contribution in [2.75, 3.05) is 19.6 Å². The fourth-order valence-corrected chi connectivity index (χ4v) is 3.37. The van der Waals surface area contributed by atoms with Gasteiger partial charge in [0.05, 0.1) is 12.2 Å². The number of nitrogens with one attached hydrogen (secondary N) is 2. The smallest absolute Gasteiger partial charge is 0.191 e. The zero-order chi connectivity index (χ0) is 17.6. The van der Waals surface area contributed by atoms with E-state index < -0.39 is 0 Å². The summed E-state index contributed by atoms with van der Waals surface area (Å²) in [5, 5.41) is 12.8. The molecule has 7 heteroatoms. The summed E-state index contributed by atoms with van der Waals surface area (Å²) in [6, 6.07) is 4.27. The molecule has 0 unspecified atom stereocenters. The number of aromatic nitrogens is 1. The maximum Gasteiger partial charge on any atom is 0.191 e. The van der Waals surface area contributed by atoms with Crippen LogP contribution < -0.4 is 10.6 Å². The number of hydrogen-bond acceptors (Lipinski definition) is 4. The second-order valence-electron chi connectivity index (χ2n) is 6.54. The molecule has 5 nitrogen and oxygen atoms in total. The number of aliphatic imine (C=N–C) groups is 1. The number of nitrogens with zero attached hydrogens (tertiary/aromatic N) is 2. The minimum absolute atomic E-state index is 0. The molecule has 0 fully saturated rings. The highest BCUT2D eigenvalue weighted by molar-refractivity contribution is 14.0. The van der Waals surface area contributed by atoms with E-state index in [-0.39, 0.29) is 29.4 Å². The van der Waals surface area contributed by atoms with Crippen molar-refractivity contribution < 1.29 is 4.52 Å². The molecular weight excluding hydrogens is 447 g/mol. The lowest BCUT2D eigenvalue weighted by Gasteiger charge is -2.21. The minimum atomic E-state index is 0. The molecule has 0 saturated heterocycles. The van der Waals surface area contributed by atoms with Crippen LogP contribution in [0.15, 0.2) is 27.0 Å². The van der Waals surface area contributed by atoms with E-state index in [9.17, 15) is 0 Å². The summed E-state index contributed by atoms with van der Waals surface area (Å²) in [5.74, 6) is 1.75. The highest BCUT2D eigenvalue weighted by atomic mass is 127. The lowest BCUT2D eigenvalue weighted by molar-refractivity contribution is 0.392. The van der Waals surface area contributed by atoms with Gasteiger partial charge in [-0.25, -0.2) is 0 Å². The van der Waals surface area contributed by atoms with Crippen LogP contribution in [0, 0.1) is 13.8 Å². The largest absolute Gasteiger partial charge is 0.361 e. The quantitative estimate of drug-likeness (QED) is 0.360. The average Bonchev–Trinajstić information content (AvgIpc) is 3.18. The van der Waals surface area contributed by atoms with Gasteiger partial charge in [0, 0.05) is 28.9 Å². The fraction of sp³-hybridized carbons (Fsp3) is 0.556. The van der Waals surface area contributed by atoms with Crippen molar-refractivity contribution in [3.8, 4) is 0 Å². The Labute approximate surface area is 171 Å². The van der Waals surface area contributed by atoms with Gasteiger partial charge in [0.1, 0.15) is 5.76 Å². The molecule has 25 heavy (non-hydrogen) atoms. The Hall–Kier alpha value is -1.09. The van der Waals surface area contributed by atoms with Crippen molar-refractivity contribution in [2.24, 2.45) is 4.99 Å². The molecule has 0 amide bonds. The molecule has 0 radical (unpaired) electrons. The maximum absolute atomic E-state index is 5.21. The minimum Gasteiger partial charge on any atom is -0.361 e. The molecule has 2 aromatic rings. The van der Waals surface area contributed by atoms with Crippen LogP contribution >= 0.6 is 35.3 Å². The third-order valence-corrected chi connectivity index (χ3v) is 5.25. The van der Waals surface area contributed by atoms with Crippen LogP contribution in [0.2, 0.25) is 0 Å². The van der Waals surface area contributed by atoms with Gasteiger partial charge >= 0.3 is 0 Å². The molecule has 0 aliphatic heterocycles. The van der Waals surface area contributed by atoms with Gasteiger partial charge < -0.3 is 15.2 Å². The van der Waals surface area contributed by atoms with Crippen LogP contribution in [0.3, 0.4) is 0 Å². The molecule has 2 aromatic heterocycles. The Morgan fingerprint density at radius 1 is 1.32 bits per heavy atom. The number of aryl methyl sites for hydroxylation is 2. The first-order valence-corrected chi connectivity index (χ1v) is 9.30. The number of hydrogen-bond donors (Lipinski definition) is 2. The van der Waals surface area contributed by atoms with Gasteiger partial charge in [-0.1, -0.05) is 25.1 Å². The Kier molecular flexibility index (Phi) is 8.92. The molecule has 0 aromatic carbocycles. The third kappa shape index (κ3) is 6.29. The van der Waals surface area contributed by atoms with E-state index in [1.807, 2.05) is 13.8 Å². The first-order valence-electron chi connectivity index (χ1n) is 8.42. The highest BCUT2D eigenvalue weighted by Crippen LogP contribution is 2.27. The topological polar surface area (TPSA) is 62.5 Å². The van der Waals surface area contributed by atoms with E-state index >= 15 is 0 Å². The molecule has 0 aliphatic rings. The number of rotatable bonds is 7. The molecule has 0 atom stereocenters. The maximum atomic E-state index is 5.21. The van der Waals surface area contributed by atoms with Gasteiger partial charge in [-0.3, -0.25) is 4.99 Å². The number of guanidine groups is 1. The SMILES string of the molecule is CCNC(=NCC(C)(C)c1cccs1)NCCc1c(C)noc1C.I. The number of thiophene rings is 1. The van der Waals surface area contributed by atoms with Gasteiger partial charge in [0.25, 0.3) is 0 Å². The van der Waals surface area contributed by atoms with Crippen LogP contribution in [0.4, 0.5) is 0 Å². The third-order valence-electron chi connectivity index (χ3n) is 4.01. The summed E-state index contributed by atoms with van der Waals surface area (Å²) < 4.78 is 5.21. The van der Waals surface area contributed by atoms with Gasteiger partial charge in [0.2, 0.25) is 0 Å². The van der Waals surface area contributed by atoms with E-state index in [0.717, 1.165) is 43.5 Å². The monoisotopic (exact) mass is 476 g/mol. The Morgan fingerprint density at radius 2 is 2.08 bits per heavy atom. The van der Waals surface area contributed by atoms with Crippen molar-refractivity contribution in [2.45, 2.75) is 46.5 Å². The van der Waals surface area contributed by atoms with Crippen molar-refractivity contribution in [3.05, 3.63) is 39.4 Å². The van der Waals surface area contributed by atoms with Gasteiger partial charge in [-0.2, -0.15) is 0 Å². The molecule has 0 bridgehead atoms. The Bertz CT molecular complexity index is 645. The summed E-state index contributed by atoms with van der Waals surface area (Å²) in [6.45, 7) is 12.9. The fourth-order valence-electron chi connectivity index (χ4n) is 2.52. The van der Waals surface area contributed by atoms with E-state index in [0.29, 0.717) is 0 Å². The van der Waals surface area contributed by atoms with Crippen LogP contribution in [-0.2, 0) is 11.8 Å². The average molecular weight is 476 g/mol. The van der Waals surface area contributed by atoms with Gasteiger partial charge in [-0.15, -0.1) is 35.3 Å². The molecule has 2 N–H and O–H groups in total. The molecule has 2 heterocycles. The first-order chi connectivity index (χ1) is 11.4. The zero-order valence-corrected chi connectivity index (χ0v) is 18.8. The molecule has 140 valence electrons. The van der Waals surface area contributed by atoms with Crippen molar-refractivity contribution >= 4 is 41.3 Å². The lowest BCUT2D eigenvalue weighted by Crippen LogP contribution is -2.39. The predicted octanol–water partition coefficient (Wildman–Crippen LogP) is 4.05. The van der Waals surface area contributed by atoms with Crippen molar-refractivity contribution in [3.63, 3.8) is 0 Å². The second kappa shape index (κ2) is 10.2. The lowest BCUT2D eigenvalue weighted by atomic mass is 9.92. The molecule has 0 aliphatic carbocycles.